The zero-order valence-corrected chi connectivity index (χ0v) is 35.2. The quantitative estimate of drug-likeness (QED) is 0.0457. The van der Waals surface area contributed by atoms with Gasteiger partial charge < -0.3 is 15.3 Å². The molecule has 63 heavy (non-hydrogen) atoms. The SMILES string of the molecule is O=C(O)c1cc(O)c(N=Nc2ccc(S(=O)(=O)CCOS(=O)(=O)O)cc2)c(O)c1N=Nc1ccc(N=Nc2ccc(S(=O)(=O)CCOS(=O)(=O)O)cc2)c2ccc(S(=O)(=O)O)cc12. The number of aromatic carboxylic acids is 1. The van der Waals surface area contributed by atoms with Crippen LogP contribution in [-0.2, 0) is 59.0 Å². The Kier molecular flexibility index (Phi) is 14.1. The number of hydrogen-bond donors (Lipinski definition) is 6. The molecule has 0 unspecified atom stereocenters. The van der Waals surface area contributed by atoms with E-state index in [1.54, 1.807) is 0 Å². The van der Waals surface area contributed by atoms with Gasteiger partial charge in [-0.25, -0.2) is 30.0 Å². The molecule has 6 N–H and O–H groups in total. The molecule has 5 aromatic carbocycles. The van der Waals surface area contributed by atoms with Crippen molar-refractivity contribution in [1.29, 1.82) is 0 Å². The van der Waals surface area contributed by atoms with Gasteiger partial charge in [0.1, 0.15) is 11.4 Å². The Morgan fingerprint density at radius 2 is 0.937 bits per heavy atom. The zero-order valence-electron chi connectivity index (χ0n) is 31.1. The largest absolute Gasteiger partial charge is 0.505 e. The molecule has 0 bridgehead atoms. The third-order valence-electron chi connectivity index (χ3n) is 8.05. The first-order valence-corrected chi connectivity index (χ1v) is 24.2. The second-order valence-corrected chi connectivity index (χ2v) is 20.1. The van der Waals surface area contributed by atoms with E-state index >= 15 is 0 Å². The van der Waals surface area contributed by atoms with Gasteiger partial charge in [0, 0.05) is 10.8 Å². The summed E-state index contributed by atoms with van der Waals surface area (Å²) in [5.74, 6) is -5.27. The summed E-state index contributed by atoms with van der Waals surface area (Å²) in [5.41, 5.74) is -2.37. The molecule has 25 nitrogen and oxygen atoms in total. The number of sulfone groups is 2. The first-order valence-electron chi connectivity index (χ1n) is 16.8. The standard InChI is InChI=1S/C33H28N6O19S5/c40-29-18-26(33(42)43)30(32(41)31(29)39-35-20-3-7-22(8-4-20)60(46,47)16-14-58-63(54,55)56)38-37-28-12-11-27(24-10-9-23(17-25(24)28)61(48,49)50)36-34-19-1-5-21(6-2-19)59(44,45)15-13-57-62(51,52)53/h1-12,17-18,40-41H,13-16H2,(H,42,43)(H,48,49,50)(H,51,52,53)(H,54,55,56). The third-order valence-corrected chi connectivity index (χ3v) is 13.2. The van der Waals surface area contributed by atoms with Gasteiger partial charge in [-0.1, -0.05) is 6.07 Å². The van der Waals surface area contributed by atoms with Crippen molar-refractivity contribution in [3.63, 3.8) is 0 Å². The highest BCUT2D eigenvalue weighted by molar-refractivity contribution is 7.91. The molecule has 0 saturated carbocycles. The molecule has 0 atom stereocenters. The van der Waals surface area contributed by atoms with Crippen molar-refractivity contribution >= 4 is 101 Å². The van der Waals surface area contributed by atoms with Gasteiger partial charge in [-0.15, -0.1) is 20.5 Å². The fraction of sp³-hybridized carbons (Fsp3) is 0.121. The Bertz CT molecular complexity index is 3270. The maximum absolute atomic E-state index is 12.5. The maximum atomic E-state index is 12.5. The Hall–Kier alpha value is -6.22. The van der Waals surface area contributed by atoms with Gasteiger partial charge in [0.15, 0.2) is 31.1 Å². The van der Waals surface area contributed by atoms with Crippen molar-refractivity contribution in [2.24, 2.45) is 30.7 Å². The molecule has 0 saturated heterocycles. The van der Waals surface area contributed by atoms with Gasteiger partial charge in [0.05, 0.1) is 67.7 Å². The summed E-state index contributed by atoms with van der Waals surface area (Å²) in [7, 11) is -22.7. The molecule has 0 aromatic heterocycles. The molecule has 0 aliphatic heterocycles. The molecule has 5 aromatic rings. The first kappa shape index (κ1) is 47.8. The number of aromatic hydroxyl groups is 2. The van der Waals surface area contributed by atoms with Gasteiger partial charge >= 0.3 is 26.8 Å². The molecule has 0 aliphatic rings. The minimum Gasteiger partial charge on any atom is -0.505 e. The van der Waals surface area contributed by atoms with E-state index in [2.05, 4.69) is 39.1 Å². The minimum absolute atomic E-state index is 0.0576. The topological polar surface area (TPSA) is 402 Å². The summed E-state index contributed by atoms with van der Waals surface area (Å²) >= 11 is 0. The molecule has 0 radical (unpaired) electrons. The van der Waals surface area contributed by atoms with Gasteiger partial charge in [-0.3, -0.25) is 13.7 Å². The van der Waals surface area contributed by atoms with E-state index in [1.807, 2.05) is 0 Å². The van der Waals surface area contributed by atoms with Crippen LogP contribution in [0.5, 0.6) is 11.5 Å². The molecule has 0 aliphatic carbocycles. The minimum atomic E-state index is -4.88. The summed E-state index contributed by atoms with van der Waals surface area (Å²) in [6.45, 7) is -1.73. The smallest absolute Gasteiger partial charge is 0.397 e. The highest BCUT2D eigenvalue weighted by Gasteiger charge is 2.23. The highest BCUT2D eigenvalue weighted by atomic mass is 32.3. The van der Waals surface area contributed by atoms with E-state index in [4.69, 9.17) is 9.11 Å². The molecular formula is C33H28N6O19S5. The molecule has 0 heterocycles. The summed E-state index contributed by atoms with van der Waals surface area (Å²) in [6.07, 6.45) is 0. The second kappa shape index (κ2) is 18.6. The Morgan fingerprint density at radius 3 is 1.40 bits per heavy atom. The van der Waals surface area contributed by atoms with E-state index in [-0.39, 0.29) is 43.3 Å². The number of fused-ring (bicyclic) bond motifs is 1. The number of carbonyl (C=O) groups is 1. The van der Waals surface area contributed by atoms with Gasteiger partial charge in [-0.05, 0) is 78.9 Å². The summed E-state index contributed by atoms with van der Waals surface area (Å²) in [4.78, 5) is 11.0. The third kappa shape index (κ3) is 12.7. The lowest BCUT2D eigenvalue weighted by molar-refractivity contribution is 0.0696. The lowest BCUT2D eigenvalue weighted by Gasteiger charge is -2.09. The number of hydrogen-bond acceptors (Lipinski definition) is 21. The van der Waals surface area contributed by atoms with Crippen molar-refractivity contribution in [2.45, 2.75) is 14.7 Å². The lowest BCUT2D eigenvalue weighted by Crippen LogP contribution is -2.15. The van der Waals surface area contributed by atoms with Crippen LogP contribution in [0.3, 0.4) is 0 Å². The van der Waals surface area contributed by atoms with E-state index in [0.717, 1.165) is 48.5 Å². The summed E-state index contributed by atoms with van der Waals surface area (Å²) in [6, 6.07) is 15.6. The number of carboxylic acids is 1. The van der Waals surface area contributed by atoms with Crippen LogP contribution in [0.15, 0.2) is 130 Å². The number of rotatable bonds is 18. The molecule has 30 heteroatoms. The number of carboxylic acid groups (broad SMARTS) is 1. The Balaban J connectivity index is 1.46. The summed E-state index contributed by atoms with van der Waals surface area (Å²) in [5, 5.41) is 55.1. The van der Waals surface area contributed by atoms with Gasteiger partial charge in [0.25, 0.3) is 10.1 Å². The number of phenolic OH excluding ortho intramolecular Hbond substituents is 2. The average Bonchev–Trinajstić information content (AvgIpc) is 3.18. The van der Waals surface area contributed by atoms with Crippen LogP contribution < -0.4 is 0 Å². The molecule has 0 spiro atoms. The zero-order chi connectivity index (χ0) is 46.5. The first-order chi connectivity index (χ1) is 29.2. The Morgan fingerprint density at radius 1 is 0.508 bits per heavy atom. The van der Waals surface area contributed by atoms with E-state index in [1.165, 1.54) is 30.3 Å². The second-order valence-electron chi connectivity index (χ2n) is 12.3. The van der Waals surface area contributed by atoms with Crippen molar-refractivity contribution < 1.29 is 84.2 Å². The van der Waals surface area contributed by atoms with Crippen LogP contribution in [0.2, 0.25) is 0 Å². The van der Waals surface area contributed by atoms with Crippen molar-refractivity contribution in [2.75, 3.05) is 24.7 Å². The van der Waals surface area contributed by atoms with Crippen LogP contribution in [0.4, 0.5) is 34.1 Å². The molecule has 5 rings (SSSR count). The van der Waals surface area contributed by atoms with Crippen LogP contribution in [0, 0.1) is 0 Å². The van der Waals surface area contributed by atoms with Crippen LogP contribution >= 0.6 is 0 Å². The fourth-order valence-corrected chi connectivity index (χ4v) is 8.61. The van der Waals surface area contributed by atoms with Crippen LogP contribution in [0.25, 0.3) is 10.8 Å². The molecule has 0 fully saturated rings. The average molecular weight is 973 g/mol. The molecule has 334 valence electrons. The van der Waals surface area contributed by atoms with Gasteiger partial charge in [-0.2, -0.15) is 35.5 Å². The fourth-order valence-electron chi connectivity index (χ4n) is 5.13. The Labute approximate surface area is 356 Å². The number of nitrogens with zero attached hydrogens (tertiary/aromatic N) is 6. The molecular weight excluding hydrogens is 945 g/mol. The van der Waals surface area contributed by atoms with Crippen molar-refractivity contribution in [1.82, 2.24) is 0 Å². The number of phenols is 2. The number of benzene rings is 5. The van der Waals surface area contributed by atoms with Crippen LogP contribution in [-0.4, -0.2) is 102 Å². The maximum Gasteiger partial charge on any atom is 0.397 e. The monoisotopic (exact) mass is 972 g/mol. The number of azo groups is 3. The van der Waals surface area contributed by atoms with Crippen molar-refractivity contribution in [3.05, 3.63) is 90.5 Å². The predicted octanol–water partition coefficient (Wildman–Crippen LogP) is 5.63. The highest BCUT2D eigenvalue weighted by Crippen LogP contribution is 2.47. The van der Waals surface area contributed by atoms with Gasteiger partial charge in [0.2, 0.25) is 0 Å². The van der Waals surface area contributed by atoms with E-state index in [9.17, 15) is 66.8 Å². The summed E-state index contributed by atoms with van der Waals surface area (Å²) < 4.78 is 152. The lowest BCUT2D eigenvalue weighted by atomic mass is 10.1. The normalized spacial score (nSPS) is 13.1. The molecule has 0 amide bonds. The van der Waals surface area contributed by atoms with E-state index in [0.29, 0.717) is 6.07 Å². The van der Waals surface area contributed by atoms with E-state index < -0.39 is 115 Å². The van der Waals surface area contributed by atoms with Crippen LogP contribution in [0.1, 0.15) is 10.4 Å². The predicted molar refractivity (Wildman–Crippen MR) is 215 cm³/mol. The van der Waals surface area contributed by atoms with Crippen molar-refractivity contribution in [3.8, 4) is 11.5 Å².